The second-order valence-electron chi connectivity index (χ2n) is 6.44. The lowest BCUT2D eigenvalue weighted by molar-refractivity contribution is -0.127. The van der Waals surface area contributed by atoms with Crippen LogP contribution in [-0.2, 0) is 9.53 Å². The molecule has 0 atom stereocenters. The predicted molar refractivity (Wildman–Crippen MR) is 98.4 cm³/mol. The Hall–Kier alpha value is -1.34. The van der Waals surface area contributed by atoms with Gasteiger partial charge in [-0.2, -0.15) is 0 Å². The van der Waals surface area contributed by atoms with E-state index in [0.29, 0.717) is 0 Å². The third kappa shape index (κ3) is 8.49. The highest BCUT2D eigenvalue weighted by Gasteiger charge is 2.11. The summed E-state index contributed by atoms with van der Waals surface area (Å²) in [6.07, 6.45) is 3.32. The number of nitrogens with one attached hydrogen (secondary N) is 1. The van der Waals surface area contributed by atoms with E-state index in [4.69, 9.17) is 4.74 Å². The van der Waals surface area contributed by atoms with Gasteiger partial charge in [0.1, 0.15) is 6.54 Å². The zero-order valence-corrected chi connectivity index (χ0v) is 15.9. The maximum Gasteiger partial charge on any atom is 0.243 e. The second-order valence-corrected chi connectivity index (χ2v) is 6.44. The molecule has 140 valence electrons. The van der Waals surface area contributed by atoms with E-state index in [0.717, 1.165) is 71.2 Å². The van der Waals surface area contributed by atoms with E-state index in [1.807, 2.05) is 7.05 Å². The summed E-state index contributed by atoms with van der Waals surface area (Å²) in [5.74, 6) is 0.840. The van der Waals surface area contributed by atoms with E-state index in [-0.39, 0.29) is 12.5 Å². The molecule has 1 rings (SSSR count). The quantitative estimate of drug-likeness (QED) is 0.375. The lowest BCUT2D eigenvalue weighted by atomic mass is 10.3. The number of amides is 1. The molecule has 0 spiro atoms. The highest BCUT2D eigenvalue weighted by atomic mass is 16.5. The van der Waals surface area contributed by atoms with E-state index in [1.54, 1.807) is 19.0 Å². The normalized spacial score (nSPS) is 16.1. The number of hydrogen-bond acceptors (Lipinski definition) is 4. The molecule has 0 radical (unpaired) electrons. The molecule has 0 aromatic rings. The molecule has 24 heavy (non-hydrogen) atoms. The van der Waals surface area contributed by atoms with Crippen molar-refractivity contribution in [1.82, 2.24) is 20.0 Å². The number of hydrogen-bond donors (Lipinski definition) is 1. The van der Waals surface area contributed by atoms with Gasteiger partial charge in [-0.15, -0.1) is 0 Å². The van der Waals surface area contributed by atoms with Crippen LogP contribution in [0.1, 0.15) is 26.2 Å². The molecule has 1 aliphatic rings. The molecule has 7 nitrogen and oxygen atoms in total. The number of guanidine groups is 1. The van der Waals surface area contributed by atoms with Crippen molar-refractivity contribution in [3.05, 3.63) is 0 Å². The number of carbonyl (C=O) groups excluding carboxylic acids is 1. The fourth-order valence-electron chi connectivity index (χ4n) is 2.42. The average molecular weight is 342 g/mol. The van der Waals surface area contributed by atoms with Gasteiger partial charge in [-0.1, -0.05) is 13.3 Å². The van der Waals surface area contributed by atoms with Gasteiger partial charge in [-0.25, -0.2) is 4.99 Å². The largest absolute Gasteiger partial charge is 0.379 e. The number of nitrogens with zero attached hydrogens (tertiary/aromatic N) is 4. The summed E-state index contributed by atoms with van der Waals surface area (Å²) >= 11 is 0. The first-order valence-corrected chi connectivity index (χ1v) is 9.04. The number of ether oxygens (including phenoxy) is 1. The zero-order chi connectivity index (χ0) is 17.8. The Labute approximate surface area is 147 Å². The topological polar surface area (TPSA) is 60.4 Å². The van der Waals surface area contributed by atoms with E-state index >= 15 is 0 Å². The van der Waals surface area contributed by atoms with Crippen LogP contribution in [0.3, 0.4) is 0 Å². The van der Waals surface area contributed by atoms with Crippen molar-refractivity contribution >= 4 is 11.9 Å². The Balaban J connectivity index is 2.41. The minimum atomic E-state index is 0.0199. The second kappa shape index (κ2) is 12.1. The van der Waals surface area contributed by atoms with Gasteiger partial charge in [0.2, 0.25) is 5.91 Å². The Morgan fingerprint density at radius 2 is 1.92 bits per heavy atom. The van der Waals surface area contributed by atoms with E-state index in [1.165, 1.54) is 0 Å². The van der Waals surface area contributed by atoms with Gasteiger partial charge in [0.25, 0.3) is 0 Å². The molecule has 0 bridgehead atoms. The van der Waals surface area contributed by atoms with Gasteiger partial charge in [0, 0.05) is 47.3 Å². The van der Waals surface area contributed by atoms with Gasteiger partial charge in [-0.3, -0.25) is 9.69 Å². The number of morpholine rings is 1. The Kier molecular flexibility index (Phi) is 10.4. The summed E-state index contributed by atoms with van der Waals surface area (Å²) < 4.78 is 5.37. The van der Waals surface area contributed by atoms with Crippen LogP contribution in [0.5, 0.6) is 0 Å². The van der Waals surface area contributed by atoms with Crippen molar-refractivity contribution in [3.63, 3.8) is 0 Å². The van der Waals surface area contributed by atoms with Crippen LogP contribution in [0.25, 0.3) is 0 Å². The SMILES string of the molecule is CCCCN(C)C(=NCC(=O)N(C)C)NCCCN1CCOCC1. The molecule has 1 N–H and O–H groups in total. The monoisotopic (exact) mass is 341 g/mol. The Morgan fingerprint density at radius 1 is 1.21 bits per heavy atom. The molecule has 0 unspecified atom stereocenters. The molecule has 0 aromatic heterocycles. The first kappa shape index (κ1) is 20.7. The first-order chi connectivity index (χ1) is 11.5. The molecule has 1 saturated heterocycles. The van der Waals surface area contributed by atoms with Crippen LogP contribution in [0, 0.1) is 0 Å². The van der Waals surface area contributed by atoms with Gasteiger partial charge in [0.15, 0.2) is 5.96 Å². The van der Waals surface area contributed by atoms with Gasteiger partial charge in [0.05, 0.1) is 13.2 Å². The lowest BCUT2D eigenvalue weighted by Gasteiger charge is -2.27. The predicted octanol–water partition coefficient (Wildman–Crippen LogP) is 0.474. The maximum atomic E-state index is 11.8. The maximum absolute atomic E-state index is 11.8. The number of aliphatic imine (C=N–C) groups is 1. The van der Waals surface area contributed by atoms with Crippen LogP contribution in [-0.4, -0.2) is 100 Å². The standard InChI is InChI=1S/C17H35N5O2/c1-5-6-9-21(4)17(19-15-16(23)20(2)3)18-8-7-10-22-11-13-24-14-12-22/h5-15H2,1-4H3,(H,18,19). The fourth-order valence-corrected chi connectivity index (χ4v) is 2.42. The van der Waals surface area contributed by atoms with Crippen LogP contribution >= 0.6 is 0 Å². The average Bonchev–Trinajstić information content (AvgIpc) is 2.59. The minimum absolute atomic E-state index is 0.0199. The van der Waals surface area contributed by atoms with E-state index < -0.39 is 0 Å². The van der Waals surface area contributed by atoms with Gasteiger partial charge >= 0.3 is 0 Å². The molecule has 7 heteroatoms. The molecule has 1 fully saturated rings. The number of likely N-dealkylation sites (N-methyl/N-ethyl adjacent to an activating group) is 1. The summed E-state index contributed by atoms with van der Waals surface area (Å²) in [5.41, 5.74) is 0. The van der Waals surface area contributed by atoms with Crippen molar-refractivity contribution < 1.29 is 9.53 Å². The Bertz CT molecular complexity index is 381. The summed E-state index contributed by atoms with van der Waals surface area (Å²) in [6, 6.07) is 0. The lowest BCUT2D eigenvalue weighted by Crippen LogP contribution is -2.42. The molecule has 1 heterocycles. The molecule has 1 aliphatic heterocycles. The smallest absolute Gasteiger partial charge is 0.243 e. The number of carbonyl (C=O) groups is 1. The molecule has 0 saturated carbocycles. The molecular formula is C17H35N5O2. The molecular weight excluding hydrogens is 306 g/mol. The zero-order valence-electron chi connectivity index (χ0n) is 15.9. The number of rotatable bonds is 9. The summed E-state index contributed by atoms with van der Waals surface area (Å²) in [5, 5.41) is 3.41. The summed E-state index contributed by atoms with van der Waals surface area (Å²) in [7, 11) is 5.55. The van der Waals surface area contributed by atoms with Crippen LogP contribution in [0.2, 0.25) is 0 Å². The van der Waals surface area contributed by atoms with Crippen molar-refractivity contribution in [2.24, 2.45) is 4.99 Å². The third-order valence-electron chi connectivity index (χ3n) is 4.11. The van der Waals surface area contributed by atoms with Crippen LogP contribution in [0.4, 0.5) is 0 Å². The van der Waals surface area contributed by atoms with Crippen molar-refractivity contribution in [2.75, 3.05) is 73.6 Å². The van der Waals surface area contributed by atoms with Gasteiger partial charge in [-0.05, 0) is 19.4 Å². The molecule has 1 amide bonds. The van der Waals surface area contributed by atoms with Crippen molar-refractivity contribution in [2.45, 2.75) is 26.2 Å². The number of unbranched alkanes of at least 4 members (excludes halogenated alkanes) is 1. The third-order valence-corrected chi connectivity index (χ3v) is 4.11. The summed E-state index contributed by atoms with van der Waals surface area (Å²) in [4.78, 5) is 22.4. The molecule has 0 aromatic carbocycles. The first-order valence-electron chi connectivity index (χ1n) is 9.04. The molecule has 0 aliphatic carbocycles. The fraction of sp³-hybridized carbons (Fsp3) is 0.882. The van der Waals surface area contributed by atoms with Crippen LogP contribution in [0.15, 0.2) is 4.99 Å². The van der Waals surface area contributed by atoms with Crippen molar-refractivity contribution in [1.29, 1.82) is 0 Å². The Morgan fingerprint density at radius 3 is 2.54 bits per heavy atom. The van der Waals surface area contributed by atoms with E-state index in [2.05, 4.69) is 27.0 Å². The van der Waals surface area contributed by atoms with Gasteiger partial charge < -0.3 is 19.9 Å². The van der Waals surface area contributed by atoms with Crippen LogP contribution < -0.4 is 5.32 Å². The van der Waals surface area contributed by atoms with Crippen molar-refractivity contribution in [3.8, 4) is 0 Å². The van der Waals surface area contributed by atoms with E-state index in [9.17, 15) is 4.79 Å². The highest BCUT2D eigenvalue weighted by Crippen LogP contribution is 1.98. The summed E-state index contributed by atoms with van der Waals surface area (Å²) in [6.45, 7) is 8.97. The highest BCUT2D eigenvalue weighted by molar-refractivity contribution is 5.84. The minimum Gasteiger partial charge on any atom is -0.379 e.